The topological polar surface area (TPSA) is 72.3 Å². The second kappa shape index (κ2) is 6.08. The van der Waals surface area contributed by atoms with Crippen LogP contribution in [0.4, 0.5) is 0 Å². The molecule has 1 aliphatic heterocycles. The van der Waals surface area contributed by atoms with Crippen LogP contribution in [0, 0.1) is 5.92 Å². The summed E-state index contributed by atoms with van der Waals surface area (Å²) < 4.78 is 0. The van der Waals surface area contributed by atoms with Crippen molar-refractivity contribution in [2.24, 2.45) is 17.4 Å². The van der Waals surface area contributed by atoms with Gasteiger partial charge in [-0.05, 0) is 38.8 Å². The van der Waals surface area contributed by atoms with Gasteiger partial charge in [-0.3, -0.25) is 9.69 Å². The molecule has 1 saturated heterocycles. The molecule has 1 fully saturated rings. The average Bonchev–Trinajstić information content (AvgIpc) is 2.26. The second-order valence-electron chi connectivity index (χ2n) is 4.38. The summed E-state index contributed by atoms with van der Waals surface area (Å²) >= 11 is 0. The Morgan fingerprint density at radius 3 is 2.87 bits per heavy atom. The summed E-state index contributed by atoms with van der Waals surface area (Å²) in [6.07, 6.45) is 4.14. The Morgan fingerprint density at radius 2 is 2.33 bits per heavy atom. The molecular formula is C11H23N3O. The number of rotatable bonds is 5. The second-order valence-corrected chi connectivity index (χ2v) is 4.38. The quantitative estimate of drug-likeness (QED) is 0.690. The first-order valence-electron chi connectivity index (χ1n) is 5.92. The Labute approximate surface area is 92.0 Å². The Bertz CT molecular complexity index is 208. The van der Waals surface area contributed by atoms with Gasteiger partial charge in [0.25, 0.3) is 0 Å². The third-order valence-electron chi connectivity index (χ3n) is 3.34. The SMILES string of the molecule is CCC(CCN)N1CCCC(C(N)=O)C1. The maximum Gasteiger partial charge on any atom is 0.221 e. The zero-order valence-electron chi connectivity index (χ0n) is 9.61. The summed E-state index contributed by atoms with van der Waals surface area (Å²) in [5, 5.41) is 0. The fourth-order valence-electron chi connectivity index (χ4n) is 2.41. The summed E-state index contributed by atoms with van der Waals surface area (Å²) in [6.45, 7) is 4.81. The standard InChI is InChI=1S/C11H23N3O/c1-2-10(5-6-12)14-7-3-4-9(8-14)11(13)15/h9-10H,2-8,12H2,1H3,(H2,13,15). The first-order chi connectivity index (χ1) is 7.19. The van der Waals surface area contributed by atoms with E-state index in [-0.39, 0.29) is 11.8 Å². The van der Waals surface area contributed by atoms with Crippen LogP contribution >= 0.6 is 0 Å². The maximum absolute atomic E-state index is 11.1. The number of likely N-dealkylation sites (tertiary alicyclic amines) is 1. The Morgan fingerprint density at radius 1 is 1.60 bits per heavy atom. The molecule has 15 heavy (non-hydrogen) atoms. The van der Waals surface area contributed by atoms with Crippen molar-refractivity contribution in [3.05, 3.63) is 0 Å². The minimum Gasteiger partial charge on any atom is -0.369 e. The van der Waals surface area contributed by atoms with Crippen LogP contribution in [-0.4, -0.2) is 36.5 Å². The van der Waals surface area contributed by atoms with Gasteiger partial charge in [0.2, 0.25) is 5.91 Å². The maximum atomic E-state index is 11.1. The van der Waals surface area contributed by atoms with E-state index in [0.717, 1.165) is 45.3 Å². The number of amides is 1. The van der Waals surface area contributed by atoms with E-state index in [2.05, 4.69) is 11.8 Å². The molecule has 1 aliphatic rings. The van der Waals surface area contributed by atoms with Crippen LogP contribution in [0.5, 0.6) is 0 Å². The zero-order chi connectivity index (χ0) is 11.3. The van der Waals surface area contributed by atoms with Gasteiger partial charge in [-0.25, -0.2) is 0 Å². The fourth-order valence-corrected chi connectivity index (χ4v) is 2.41. The van der Waals surface area contributed by atoms with Gasteiger partial charge in [0.1, 0.15) is 0 Å². The van der Waals surface area contributed by atoms with Crippen molar-refractivity contribution in [1.29, 1.82) is 0 Å². The normalized spacial score (nSPS) is 25.1. The number of nitrogens with two attached hydrogens (primary N) is 2. The van der Waals surface area contributed by atoms with Crippen LogP contribution in [0.15, 0.2) is 0 Å². The molecule has 0 aromatic heterocycles. The lowest BCUT2D eigenvalue weighted by Crippen LogP contribution is -2.46. The van der Waals surface area contributed by atoms with Crippen molar-refractivity contribution in [3.63, 3.8) is 0 Å². The molecule has 1 rings (SSSR count). The van der Waals surface area contributed by atoms with E-state index in [4.69, 9.17) is 11.5 Å². The van der Waals surface area contributed by atoms with Crippen LogP contribution in [-0.2, 0) is 4.79 Å². The third kappa shape index (κ3) is 3.47. The largest absolute Gasteiger partial charge is 0.369 e. The predicted octanol–water partition coefficient (Wildman–Crippen LogP) is 0.311. The first kappa shape index (κ1) is 12.5. The van der Waals surface area contributed by atoms with Gasteiger partial charge in [-0.15, -0.1) is 0 Å². The van der Waals surface area contributed by atoms with Gasteiger partial charge in [0.15, 0.2) is 0 Å². The van der Waals surface area contributed by atoms with Crippen LogP contribution in [0.2, 0.25) is 0 Å². The van der Waals surface area contributed by atoms with Crippen molar-refractivity contribution in [3.8, 4) is 0 Å². The molecule has 0 spiro atoms. The van der Waals surface area contributed by atoms with Gasteiger partial charge in [-0.2, -0.15) is 0 Å². The van der Waals surface area contributed by atoms with E-state index in [0.29, 0.717) is 6.04 Å². The highest BCUT2D eigenvalue weighted by molar-refractivity contribution is 5.76. The molecule has 0 saturated carbocycles. The molecule has 0 radical (unpaired) electrons. The molecule has 1 amide bonds. The monoisotopic (exact) mass is 213 g/mol. The van der Waals surface area contributed by atoms with Gasteiger partial charge in [-0.1, -0.05) is 6.92 Å². The number of carbonyl (C=O) groups is 1. The molecule has 2 unspecified atom stereocenters. The van der Waals surface area contributed by atoms with Crippen molar-refractivity contribution >= 4 is 5.91 Å². The molecule has 0 aliphatic carbocycles. The van der Waals surface area contributed by atoms with Gasteiger partial charge >= 0.3 is 0 Å². The van der Waals surface area contributed by atoms with E-state index in [1.165, 1.54) is 0 Å². The number of nitrogens with zero attached hydrogens (tertiary/aromatic N) is 1. The van der Waals surface area contributed by atoms with Crippen molar-refractivity contribution < 1.29 is 4.79 Å². The Kier molecular flexibility index (Phi) is 5.05. The summed E-state index contributed by atoms with van der Waals surface area (Å²) in [5.41, 5.74) is 10.9. The van der Waals surface area contributed by atoms with Crippen LogP contribution in [0.1, 0.15) is 32.6 Å². The molecule has 0 bridgehead atoms. The van der Waals surface area contributed by atoms with E-state index in [1.54, 1.807) is 0 Å². The van der Waals surface area contributed by atoms with Crippen LogP contribution in [0.3, 0.4) is 0 Å². The van der Waals surface area contributed by atoms with E-state index >= 15 is 0 Å². The Balaban J connectivity index is 2.49. The fraction of sp³-hybridized carbons (Fsp3) is 0.909. The number of hydrogen-bond acceptors (Lipinski definition) is 3. The van der Waals surface area contributed by atoms with E-state index in [1.807, 2.05) is 0 Å². The molecule has 0 aromatic carbocycles. The van der Waals surface area contributed by atoms with Crippen molar-refractivity contribution in [1.82, 2.24) is 4.90 Å². The number of carbonyl (C=O) groups excluding carboxylic acids is 1. The highest BCUT2D eigenvalue weighted by Gasteiger charge is 2.27. The lowest BCUT2D eigenvalue weighted by Gasteiger charge is -2.36. The van der Waals surface area contributed by atoms with Crippen LogP contribution < -0.4 is 11.5 Å². The smallest absolute Gasteiger partial charge is 0.221 e. The summed E-state index contributed by atoms with van der Waals surface area (Å²) in [6, 6.07) is 0.525. The van der Waals surface area contributed by atoms with Gasteiger partial charge in [0, 0.05) is 12.6 Å². The van der Waals surface area contributed by atoms with Crippen molar-refractivity contribution in [2.75, 3.05) is 19.6 Å². The third-order valence-corrected chi connectivity index (χ3v) is 3.34. The minimum atomic E-state index is -0.151. The van der Waals surface area contributed by atoms with Gasteiger partial charge < -0.3 is 11.5 Å². The van der Waals surface area contributed by atoms with Gasteiger partial charge in [0.05, 0.1) is 5.92 Å². The number of piperidine rings is 1. The number of hydrogen-bond donors (Lipinski definition) is 2. The van der Waals surface area contributed by atoms with E-state index < -0.39 is 0 Å². The molecule has 4 nitrogen and oxygen atoms in total. The summed E-state index contributed by atoms with van der Waals surface area (Å²) in [4.78, 5) is 13.5. The highest BCUT2D eigenvalue weighted by atomic mass is 16.1. The minimum absolute atomic E-state index is 0.0468. The molecule has 4 heteroatoms. The molecule has 4 N–H and O–H groups in total. The molecule has 1 heterocycles. The molecule has 88 valence electrons. The molecule has 2 atom stereocenters. The predicted molar refractivity (Wildman–Crippen MR) is 61.2 cm³/mol. The van der Waals surface area contributed by atoms with E-state index in [9.17, 15) is 4.79 Å². The first-order valence-corrected chi connectivity index (χ1v) is 5.92. The summed E-state index contributed by atoms with van der Waals surface area (Å²) in [5.74, 6) is -0.104. The molecular weight excluding hydrogens is 190 g/mol. The van der Waals surface area contributed by atoms with Crippen LogP contribution in [0.25, 0.3) is 0 Å². The summed E-state index contributed by atoms with van der Waals surface area (Å²) in [7, 11) is 0. The number of primary amides is 1. The Hall–Kier alpha value is -0.610. The molecule has 0 aromatic rings. The van der Waals surface area contributed by atoms with Crippen molar-refractivity contribution in [2.45, 2.75) is 38.6 Å². The zero-order valence-corrected chi connectivity index (χ0v) is 9.61. The average molecular weight is 213 g/mol. The lowest BCUT2D eigenvalue weighted by molar-refractivity contribution is -0.123. The highest BCUT2D eigenvalue weighted by Crippen LogP contribution is 2.20. The lowest BCUT2D eigenvalue weighted by atomic mass is 9.95.